The number of fused-ring (bicyclic) bond motifs is 2. The predicted molar refractivity (Wildman–Crippen MR) is 106 cm³/mol. The van der Waals surface area contributed by atoms with Crippen LogP contribution in [-0.2, 0) is 12.8 Å². The molecule has 0 atom stereocenters. The molecule has 10 nitrogen and oxygen atoms in total. The first-order valence-electron chi connectivity index (χ1n) is 8.18. The van der Waals surface area contributed by atoms with Crippen LogP contribution in [0.3, 0.4) is 0 Å². The van der Waals surface area contributed by atoms with Crippen LogP contribution in [0.15, 0.2) is 45.1 Å². The van der Waals surface area contributed by atoms with Gasteiger partial charge in [-0.2, -0.15) is 4.68 Å². The number of tetrazole rings is 1. The van der Waals surface area contributed by atoms with Crippen LogP contribution < -0.4 is 11.0 Å². The van der Waals surface area contributed by atoms with E-state index in [1.54, 1.807) is 11.7 Å². The van der Waals surface area contributed by atoms with Gasteiger partial charge in [0.15, 0.2) is 5.43 Å². The summed E-state index contributed by atoms with van der Waals surface area (Å²) in [4.78, 5) is 32.9. The third-order valence-corrected chi connectivity index (χ3v) is 6.22. The number of nitrogens with zero attached hydrogens (tertiary/aromatic N) is 6. The van der Waals surface area contributed by atoms with E-state index < -0.39 is 5.56 Å². The predicted octanol–water partition coefficient (Wildman–Crippen LogP) is 1.43. The second kappa shape index (κ2) is 6.42. The number of aryl methyl sites for hydroxylation is 1. The summed E-state index contributed by atoms with van der Waals surface area (Å²) < 4.78 is 3.81. The van der Waals surface area contributed by atoms with Crippen molar-refractivity contribution in [1.29, 1.82) is 0 Å². The summed E-state index contributed by atoms with van der Waals surface area (Å²) in [5.41, 5.74) is 1.05. The molecule has 0 saturated heterocycles. The number of aromatic amines is 2. The molecule has 28 heavy (non-hydrogen) atoms. The minimum absolute atomic E-state index is 0.0772. The van der Waals surface area contributed by atoms with Crippen molar-refractivity contribution < 1.29 is 0 Å². The third kappa shape index (κ3) is 2.73. The number of hydrogen-bond donors (Lipinski definition) is 2. The zero-order valence-corrected chi connectivity index (χ0v) is 16.0. The molecular formula is C16H12N8O2S2. The molecule has 4 aromatic heterocycles. The Kier molecular flexibility index (Phi) is 3.87. The highest BCUT2D eigenvalue weighted by molar-refractivity contribution is 7.98. The fourth-order valence-corrected chi connectivity index (χ4v) is 4.52. The molecule has 5 aromatic rings. The second-order valence-corrected chi connectivity index (χ2v) is 7.95. The smallest absolute Gasteiger partial charge is 0.286 e. The molecule has 0 bridgehead atoms. The summed E-state index contributed by atoms with van der Waals surface area (Å²) in [6.07, 6.45) is 0. The highest BCUT2D eigenvalue weighted by atomic mass is 32.2. The number of H-pyrrole nitrogens is 2. The molecular weight excluding hydrogens is 400 g/mol. The van der Waals surface area contributed by atoms with Crippen molar-refractivity contribution in [2.75, 3.05) is 0 Å². The fourth-order valence-electron chi connectivity index (χ4n) is 2.84. The number of nitrogens with one attached hydrogen (secondary N) is 2. The van der Waals surface area contributed by atoms with Crippen LogP contribution in [0.25, 0.3) is 26.4 Å². The van der Waals surface area contributed by atoms with E-state index >= 15 is 0 Å². The molecule has 0 amide bonds. The number of hydrogen-bond acceptors (Lipinski definition) is 8. The van der Waals surface area contributed by atoms with Crippen molar-refractivity contribution in [3.05, 3.63) is 56.6 Å². The van der Waals surface area contributed by atoms with E-state index in [4.69, 9.17) is 0 Å². The summed E-state index contributed by atoms with van der Waals surface area (Å²) in [5.74, 6) is 0.452. The number of thioether (sulfide) groups is 1. The number of para-hydroxylation sites is 1. The van der Waals surface area contributed by atoms with E-state index in [-0.39, 0.29) is 10.8 Å². The average molecular weight is 412 g/mol. The lowest BCUT2D eigenvalue weighted by molar-refractivity contribution is 0.664. The fraction of sp³-hybridized carbons (Fsp3) is 0.125. The molecule has 0 unspecified atom stereocenters. The maximum Gasteiger partial charge on any atom is 0.286 e. The molecule has 0 spiro atoms. The van der Waals surface area contributed by atoms with Crippen LogP contribution in [0, 0.1) is 0 Å². The monoisotopic (exact) mass is 412 g/mol. The lowest BCUT2D eigenvalue weighted by atomic mass is 10.3. The zero-order chi connectivity index (χ0) is 19.3. The molecule has 0 aliphatic carbocycles. The SMILES string of the molecule is Cn1nnnc1SCc1cc(=O)c2c(=O)n(-c3nc4ccccc4s3)[nH]c2[nH]1. The van der Waals surface area contributed by atoms with Gasteiger partial charge in [-0.1, -0.05) is 35.2 Å². The van der Waals surface area contributed by atoms with Crippen LogP contribution in [0.2, 0.25) is 0 Å². The van der Waals surface area contributed by atoms with Crippen molar-refractivity contribution in [3.8, 4) is 5.13 Å². The summed E-state index contributed by atoms with van der Waals surface area (Å²) in [7, 11) is 1.74. The average Bonchev–Trinajstić information content (AvgIpc) is 3.37. The molecule has 140 valence electrons. The van der Waals surface area contributed by atoms with Gasteiger partial charge in [-0.25, -0.2) is 9.67 Å². The summed E-state index contributed by atoms with van der Waals surface area (Å²) >= 11 is 2.76. The van der Waals surface area contributed by atoms with Gasteiger partial charge in [-0.05, 0) is 22.6 Å². The van der Waals surface area contributed by atoms with Crippen LogP contribution in [0.5, 0.6) is 0 Å². The minimum Gasteiger partial charge on any atom is -0.343 e. The Bertz CT molecular complexity index is 1410. The molecule has 0 fully saturated rings. The van der Waals surface area contributed by atoms with Gasteiger partial charge in [0, 0.05) is 24.6 Å². The third-order valence-electron chi connectivity index (χ3n) is 4.14. The van der Waals surface area contributed by atoms with E-state index in [9.17, 15) is 9.59 Å². The van der Waals surface area contributed by atoms with Gasteiger partial charge in [0.1, 0.15) is 11.0 Å². The quantitative estimate of drug-likeness (QED) is 0.428. The molecule has 12 heteroatoms. The Morgan fingerprint density at radius 1 is 1.25 bits per heavy atom. The molecule has 5 rings (SSSR count). The Morgan fingerprint density at radius 3 is 2.89 bits per heavy atom. The van der Waals surface area contributed by atoms with Gasteiger partial charge < -0.3 is 4.98 Å². The van der Waals surface area contributed by atoms with Crippen LogP contribution >= 0.6 is 23.1 Å². The largest absolute Gasteiger partial charge is 0.343 e. The Hall–Kier alpha value is -3.25. The molecule has 2 N–H and O–H groups in total. The van der Waals surface area contributed by atoms with Crippen molar-refractivity contribution >= 4 is 44.3 Å². The van der Waals surface area contributed by atoms with Crippen LogP contribution in [0.1, 0.15) is 5.69 Å². The first-order chi connectivity index (χ1) is 13.6. The number of rotatable bonds is 4. The normalized spacial score (nSPS) is 11.6. The van der Waals surface area contributed by atoms with Gasteiger partial charge in [-0.15, -0.1) is 5.10 Å². The van der Waals surface area contributed by atoms with Gasteiger partial charge in [0.2, 0.25) is 10.3 Å². The maximum absolute atomic E-state index is 12.8. The highest BCUT2D eigenvalue weighted by Crippen LogP contribution is 2.24. The van der Waals surface area contributed by atoms with Crippen LogP contribution in [-0.4, -0.2) is 40.0 Å². The summed E-state index contributed by atoms with van der Waals surface area (Å²) in [6, 6.07) is 9.05. The van der Waals surface area contributed by atoms with E-state index in [1.165, 1.54) is 33.8 Å². The summed E-state index contributed by atoms with van der Waals surface area (Å²) in [5, 5.41) is 15.4. The first kappa shape index (κ1) is 16.9. The number of pyridine rings is 1. The Labute approximate surface area is 164 Å². The van der Waals surface area contributed by atoms with Crippen molar-refractivity contribution in [3.63, 3.8) is 0 Å². The van der Waals surface area contributed by atoms with E-state index in [1.807, 2.05) is 24.3 Å². The number of aromatic nitrogens is 8. The molecule has 4 heterocycles. The first-order valence-corrected chi connectivity index (χ1v) is 9.98. The standard InChI is InChI=1S/C16H12N8O2S2/c1-23-16(19-21-22-23)27-7-8-6-10(25)12-13(17-8)20-24(14(12)26)15-18-9-4-2-3-5-11(9)28-15/h2-6H,7H2,1H3,(H2,17,20,25). The Morgan fingerprint density at radius 2 is 2.11 bits per heavy atom. The molecule has 1 aromatic carbocycles. The highest BCUT2D eigenvalue weighted by Gasteiger charge is 2.16. The number of benzene rings is 1. The molecule has 0 radical (unpaired) electrons. The lowest BCUT2D eigenvalue weighted by Gasteiger charge is -2.00. The van der Waals surface area contributed by atoms with Gasteiger partial charge in [0.25, 0.3) is 5.56 Å². The van der Waals surface area contributed by atoms with Gasteiger partial charge >= 0.3 is 0 Å². The topological polar surface area (TPSA) is 127 Å². The zero-order valence-electron chi connectivity index (χ0n) is 14.4. The molecule has 0 saturated carbocycles. The second-order valence-electron chi connectivity index (χ2n) is 6.00. The van der Waals surface area contributed by atoms with Crippen molar-refractivity contribution in [2.24, 2.45) is 7.05 Å². The molecule has 0 aliphatic heterocycles. The van der Waals surface area contributed by atoms with Crippen molar-refractivity contribution in [2.45, 2.75) is 10.9 Å². The van der Waals surface area contributed by atoms with E-state index in [0.29, 0.717) is 27.4 Å². The van der Waals surface area contributed by atoms with Crippen molar-refractivity contribution in [1.82, 2.24) is 40.0 Å². The minimum atomic E-state index is -0.424. The lowest BCUT2D eigenvalue weighted by Crippen LogP contribution is -2.18. The molecule has 0 aliphatic rings. The number of thiazole rings is 1. The van der Waals surface area contributed by atoms with Gasteiger partial charge in [-0.3, -0.25) is 14.7 Å². The summed E-state index contributed by atoms with van der Waals surface area (Å²) in [6.45, 7) is 0. The van der Waals surface area contributed by atoms with E-state index in [2.05, 4.69) is 30.6 Å². The van der Waals surface area contributed by atoms with E-state index in [0.717, 1.165) is 10.2 Å². The Balaban J connectivity index is 1.56. The van der Waals surface area contributed by atoms with Crippen LogP contribution in [0.4, 0.5) is 0 Å². The maximum atomic E-state index is 12.8. The van der Waals surface area contributed by atoms with Gasteiger partial charge in [0.05, 0.1) is 10.2 Å².